The summed E-state index contributed by atoms with van der Waals surface area (Å²) in [5, 5.41) is 4.19. The van der Waals surface area contributed by atoms with Crippen molar-refractivity contribution in [2.75, 3.05) is 0 Å². The molecule has 2 N–H and O–H groups in total. The summed E-state index contributed by atoms with van der Waals surface area (Å²) in [5.74, 6) is -0.831. The van der Waals surface area contributed by atoms with Crippen LogP contribution in [-0.4, -0.2) is 30.8 Å². The normalized spacial score (nSPS) is 11.1. The Morgan fingerprint density at radius 3 is 2.47 bits per heavy atom. The lowest BCUT2D eigenvalue weighted by atomic mass is 10.1. The van der Waals surface area contributed by atoms with Crippen molar-refractivity contribution in [1.82, 2.24) is 19.1 Å². The average molecular weight is 442 g/mol. The summed E-state index contributed by atoms with van der Waals surface area (Å²) in [7, 11) is 0. The molecule has 0 aliphatic heterocycles. The fraction of sp³-hybridized carbons (Fsp3) is 0.150. The first-order chi connectivity index (χ1) is 14.4. The number of Topliss-reactive ketones (excluding diaryl/α,β-unsaturated/α-hetero) is 1. The first kappa shape index (κ1) is 20.0. The van der Waals surface area contributed by atoms with Crippen LogP contribution in [0.4, 0.5) is 0 Å². The molecule has 0 aliphatic rings. The molecule has 1 aromatic carbocycles. The molecule has 3 aromatic heterocycles. The number of imidazole rings is 1. The Kier molecular flexibility index (Phi) is 5.23. The van der Waals surface area contributed by atoms with E-state index in [4.69, 9.17) is 17.3 Å². The molecule has 4 aromatic rings. The summed E-state index contributed by atoms with van der Waals surface area (Å²) < 4.78 is 2.60. The molecule has 8 nitrogen and oxygen atoms in total. The fourth-order valence-electron chi connectivity index (χ4n) is 3.21. The minimum absolute atomic E-state index is 0.102. The Morgan fingerprint density at radius 1 is 1.13 bits per heavy atom. The van der Waals surface area contributed by atoms with Crippen molar-refractivity contribution in [3.05, 3.63) is 67.9 Å². The molecular formula is C20H16ClN5O3S. The molecule has 0 bridgehead atoms. The van der Waals surface area contributed by atoms with Crippen LogP contribution in [-0.2, 0) is 13.1 Å². The van der Waals surface area contributed by atoms with Crippen LogP contribution in [0.3, 0.4) is 0 Å². The van der Waals surface area contributed by atoms with E-state index in [-0.39, 0.29) is 29.2 Å². The molecule has 10 heteroatoms. The van der Waals surface area contributed by atoms with Gasteiger partial charge >= 0.3 is 5.69 Å². The Labute approximate surface area is 179 Å². The molecule has 0 radical (unpaired) electrons. The van der Waals surface area contributed by atoms with E-state index in [2.05, 4.69) is 9.97 Å². The van der Waals surface area contributed by atoms with Crippen LogP contribution in [0.25, 0.3) is 22.6 Å². The Morgan fingerprint density at radius 2 is 1.87 bits per heavy atom. The molecule has 0 spiro atoms. The predicted molar refractivity (Wildman–Crippen MR) is 115 cm³/mol. The van der Waals surface area contributed by atoms with Gasteiger partial charge in [0.15, 0.2) is 22.9 Å². The quantitative estimate of drug-likeness (QED) is 0.462. The van der Waals surface area contributed by atoms with E-state index in [0.29, 0.717) is 28.5 Å². The second-order valence-corrected chi connectivity index (χ2v) is 7.70. The first-order valence-corrected chi connectivity index (χ1v) is 10.3. The second-order valence-electron chi connectivity index (χ2n) is 6.49. The SMILES string of the molecule is CCn1c(=O)n(CC(=O)c2ccc(Cl)cc2)c2c(C(N)=O)nc(-c3ccsc3)nc21. The number of hydrogen-bond donors (Lipinski definition) is 1. The van der Waals surface area contributed by atoms with E-state index >= 15 is 0 Å². The Hall–Kier alpha value is -3.30. The van der Waals surface area contributed by atoms with Crippen molar-refractivity contribution in [2.45, 2.75) is 20.0 Å². The summed E-state index contributed by atoms with van der Waals surface area (Å²) in [5.41, 5.74) is 6.52. The van der Waals surface area contributed by atoms with Crippen LogP contribution in [0.2, 0.25) is 5.02 Å². The summed E-state index contributed by atoms with van der Waals surface area (Å²) in [6, 6.07) is 8.16. The Balaban J connectivity index is 1.92. The van der Waals surface area contributed by atoms with E-state index in [0.717, 1.165) is 0 Å². The van der Waals surface area contributed by atoms with E-state index < -0.39 is 11.6 Å². The highest BCUT2D eigenvalue weighted by Gasteiger charge is 2.24. The summed E-state index contributed by atoms with van der Waals surface area (Å²) in [6.45, 7) is 1.80. The van der Waals surface area contributed by atoms with Crippen molar-refractivity contribution in [1.29, 1.82) is 0 Å². The van der Waals surface area contributed by atoms with Crippen LogP contribution < -0.4 is 11.4 Å². The lowest BCUT2D eigenvalue weighted by Gasteiger charge is -2.07. The molecule has 0 saturated heterocycles. The third-order valence-corrected chi connectivity index (χ3v) is 5.59. The number of rotatable bonds is 6. The number of benzene rings is 1. The lowest BCUT2D eigenvalue weighted by Crippen LogP contribution is -2.27. The van der Waals surface area contributed by atoms with Crippen LogP contribution in [0, 0.1) is 0 Å². The number of nitrogens with zero attached hydrogens (tertiary/aromatic N) is 4. The van der Waals surface area contributed by atoms with Crippen molar-refractivity contribution < 1.29 is 9.59 Å². The molecule has 3 heterocycles. The number of thiophene rings is 1. The van der Waals surface area contributed by atoms with Gasteiger partial charge in [0.1, 0.15) is 5.52 Å². The number of ketones is 1. The summed E-state index contributed by atoms with van der Waals surface area (Å²) >= 11 is 7.33. The molecule has 1 amide bonds. The maximum absolute atomic E-state index is 13.0. The standard InChI is InChI=1S/C20H16ClN5O3S/c1-2-25-19-16(15(17(22)28)23-18(24-19)12-7-8-30-10-12)26(20(25)29)9-14(27)11-3-5-13(21)6-4-11/h3-8,10H,2,9H2,1H3,(H2,22,28). The number of fused-ring (bicyclic) bond motifs is 1. The smallest absolute Gasteiger partial charge is 0.330 e. The van der Waals surface area contributed by atoms with E-state index in [1.54, 1.807) is 31.2 Å². The van der Waals surface area contributed by atoms with Crippen LogP contribution in [0.1, 0.15) is 27.8 Å². The predicted octanol–water partition coefficient (Wildman–Crippen LogP) is 2.98. The zero-order valence-corrected chi connectivity index (χ0v) is 17.4. The van der Waals surface area contributed by atoms with E-state index in [9.17, 15) is 14.4 Å². The topological polar surface area (TPSA) is 113 Å². The zero-order valence-electron chi connectivity index (χ0n) is 15.8. The van der Waals surface area contributed by atoms with E-state index in [1.807, 2.05) is 16.8 Å². The number of halogens is 1. The number of primary amides is 1. The molecule has 152 valence electrons. The zero-order chi connectivity index (χ0) is 21.4. The lowest BCUT2D eigenvalue weighted by molar-refractivity contribution is 0.0966. The fourth-order valence-corrected chi connectivity index (χ4v) is 3.97. The van der Waals surface area contributed by atoms with Gasteiger partial charge in [-0.25, -0.2) is 14.8 Å². The number of nitrogens with two attached hydrogens (primary N) is 1. The van der Waals surface area contributed by atoms with Gasteiger partial charge in [-0.1, -0.05) is 11.6 Å². The van der Waals surface area contributed by atoms with Gasteiger partial charge < -0.3 is 5.73 Å². The van der Waals surface area contributed by atoms with Gasteiger partial charge in [-0.15, -0.1) is 0 Å². The molecule has 30 heavy (non-hydrogen) atoms. The third-order valence-electron chi connectivity index (χ3n) is 4.65. The summed E-state index contributed by atoms with van der Waals surface area (Å²) in [6.07, 6.45) is 0. The van der Waals surface area contributed by atoms with Gasteiger partial charge in [0.2, 0.25) is 0 Å². The Bertz CT molecular complexity index is 1320. The van der Waals surface area contributed by atoms with Gasteiger partial charge in [-0.2, -0.15) is 11.3 Å². The number of carbonyl (C=O) groups is 2. The van der Waals surface area contributed by atoms with Gasteiger partial charge in [-0.3, -0.25) is 18.7 Å². The maximum Gasteiger partial charge on any atom is 0.330 e. The second kappa shape index (κ2) is 7.85. The summed E-state index contributed by atoms with van der Waals surface area (Å²) in [4.78, 5) is 46.8. The number of carbonyl (C=O) groups excluding carboxylic acids is 2. The van der Waals surface area contributed by atoms with Gasteiger partial charge in [0.25, 0.3) is 5.91 Å². The largest absolute Gasteiger partial charge is 0.364 e. The molecule has 0 aliphatic carbocycles. The van der Waals surface area contributed by atoms with Gasteiger partial charge in [0, 0.05) is 28.1 Å². The monoisotopic (exact) mass is 441 g/mol. The van der Waals surface area contributed by atoms with Gasteiger partial charge in [0.05, 0.1) is 6.54 Å². The maximum atomic E-state index is 13.0. The molecule has 0 atom stereocenters. The minimum atomic E-state index is -0.806. The highest BCUT2D eigenvalue weighted by molar-refractivity contribution is 7.08. The number of aryl methyl sites for hydroxylation is 1. The molecule has 0 fully saturated rings. The van der Waals surface area contributed by atoms with Crippen LogP contribution in [0.15, 0.2) is 45.9 Å². The molecule has 0 unspecified atom stereocenters. The highest BCUT2D eigenvalue weighted by atomic mass is 35.5. The van der Waals surface area contributed by atoms with Crippen molar-refractivity contribution in [2.24, 2.45) is 5.73 Å². The third kappa shape index (κ3) is 3.42. The van der Waals surface area contributed by atoms with Crippen molar-refractivity contribution in [3.63, 3.8) is 0 Å². The number of hydrogen-bond acceptors (Lipinski definition) is 6. The van der Waals surface area contributed by atoms with Gasteiger partial charge in [-0.05, 0) is 42.6 Å². The highest BCUT2D eigenvalue weighted by Crippen LogP contribution is 2.23. The number of aromatic nitrogens is 4. The average Bonchev–Trinajstić information content (AvgIpc) is 3.35. The molecular weight excluding hydrogens is 426 g/mol. The van der Waals surface area contributed by atoms with Crippen LogP contribution >= 0.6 is 22.9 Å². The van der Waals surface area contributed by atoms with E-state index in [1.165, 1.54) is 20.5 Å². The number of amides is 1. The molecule has 4 rings (SSSR count). The van der Waals surface area contributed by atoms with Crippen molar-refractivity contribution >= 4 is 45.8 Å². The minimum Gasteiger partial charge on any atom is -0.364 e. The molecule has 0 saturated carbocycles. The first-order valence-electron chi connectivity index (χ1n) is 9.03. The van der Waals surface area contributed by atoms with Crippen molar-refractivity contribution in [3.8, 4) is 11.4 Å². The van der Waals surface area contributed by atoms with Crippen LogP contribution in [0.5, 0.6) is 0 Å².